The summed E-state index contributed by atoms with van der Waals surface area (Å²) < 4.78 is 11.9. The maximum absolute atomic E-state index is 5.97. The van der Waals surface area contributed by atoms with Crippen molar-refractivity contribution in [1.29, 1.82) is 0 Å². The zero-order chi connectivity index (χ0) is 20.5. The van der Waals surface area contributed by atoms with Crippen LogP contribution in [0.2, 0.25) is 0 Å². The quantitative estimate of drug-likeness (QED) is 0.695. The van der Waals surface area contributed by atoms with Gasteiger partial charge in [0.15, 0.2) is 11.5 Å². The molecule has 0 saturated heterocycles. The van der Waals surface area contributed by atoms with Crippen molar-refractivity contribution in [3.63, 3.8) is 0 Å². The molecule has 0 amide bonds. The van der Waals surface area contributed by atoms with Crippen LogP contribution >= 0.6 is 0 Å². The van der Waals surface area contributed by atoms with Gasteiger partial charge in [-0.25, -0.2) is 0 Å². The van der Waals surface area contributed by atoms with Crippen LogP contribution in [-0.2, 0) is 5.41 Å². The molecule has 1 heterocycles. The molecular weight excluding hydrogens is 358 g/mol. The molecule has 1 aromatic carbocycles. The zero-order valence-corrected chi connectivity index (χ0v) is 18.8. The molecule has 5 rings (SSSR count). The fourth-order valence-electron chi connectivity index (χ4n) is 6.96. The average Bonchev–Trinajstić information content (AvgIpc) is 3.13. The number of benzene rings is 1. The maximum atomic E-state index is 5.97. The minimum Gasteiger partial charge on any atom is -0.486 e. The van der Waals surface area contributed by atoms with Gasteiger partial charge in [-0.1, -0.05) is 39.8 Å². The fraction of sp³-hybridized carbons (Fsp3) is 0.615. The second kappa shape index (κ2) is 6.63. The highest BCUT2D eigenvalue weighted by atomic mass is 16.6. The highest BCUT2D eigenvalue weighted by molar-refractivity contribution is 5.92. The van der Waals surface area contributed by atoms with Gasteiger partial charge in [-0.3, -0.25) is 0 Å². The SMILES string of the molecule is CCC1(CC)C2=CC3C(C)C(C)C(N(C)C)C3C=C2c2cc3c(cc21)OCCO3. The minimum atomic E-state index is 0.0983. The molecule has 156 valence electrons. The summed E-state index contributed by atoms with van der Waals surface area (Å²) in [5, 5.41) is 0. The molecule has 0 bridgehead atoms. The Morgan fingerprint density at radius 2 is 1.59 bits per heavy atom. The third-order valence-corrected chi connectivity index (χ3v) is 8.63. The molecule has 0 N–H and O–H groups in total. The fourth-order valence-corrected chi connectivity index (χ4v) is 6.96. The van der Waals surface area contributed by atoms with Crippen molar-refractivity contribution in [2.45, 2.75) is 52.0 Å². The molecule has 0 radical (unpaired) electrons. The van der Waals surface area contributed by atoms with Crippen LogP contribution in [0, 0.1) is 23.7 Å². The summed E-state index contributed by atoms with van der Waals surface area (Å²) in [5.41, 5.74) is 5.97. The van der Waals surface area contributed by atoms with Gasteiger partial charge in [-0.05, 0) is 79.1 Å². The number of ether oxygens (including phenoxy) is 2. The molecule has 3 aliphatic carbocycles. The van der Waals surface area contributed by atoms with Crippen LogP contribution in [0.15, 0.2) is 29.9 Å². The summed E-state index contributed by atoms with van der Waals surface area (Å²) in [5.74, 6) is 4.45. The van der Waals surface area contributed by atoms with E-state index in [0.29, 0.717) is 42.9 Å². The first kappa shape index (κ1) is 19.2. The van der Waals surface area contributed by atoms with Crippen LogP contribution in [0.3, 0.4) is 0 Å². The number of hydrogen-bond acceptors (Lipinski definition) is 3. The molecule has 1 saturated carbocycles. The lowest BCUT2D eigenvalue weighted by atomic mass is 9.69. The van der Waals surface area contributed by atoms with Gasteiger partial charge in [0.05, 0.1) is 0 Å². The van der Waals surface area contributed by atoms with Gasteiger partial charge >= 0.3 is 0 Å². The molecule has 1 fully saturated rings. The summed E-state index contributed by atoms with van der Waals surface area (Å²) in [6.45, 7) is 10.9. The Morgan fingerprint density at radius 1 is 0.931 bits per heavy atom. The van der Waals surface area contributed by atoms with Gasteiger partial charge in [0.2, 0.25) is 0 Å². The molecule has 1 aliphatic heterocycles. The average molecular weight is 394 g/mol. The first-order valence-corrected chi connectivity index (χ1v) is 11.5. The third kappa shape index (κ3) is 2.46. The first-order chi connectivity index (χ1) is 13.9. The van der Waals surface area contributed by atoms with Crippen LogP contribution in [0.25, 0.3) is 5.57 Å². The second-order valence-corrected chi connectivity index (χ2v) is 9.82. The van der Waals surface area contributed by atoms with E-state index in [9.17, 15) is 0 Å². The van der Waals surface area contributed by atoms with Gasteiger partial charge in [0, 0.05) is 17.4 Å². The largest absolute Gasteiger partial charge is 0.486 e. The highest BCUT2D eigenvalue weighted by Gasteiger charge is 2.52. The molecule has 5 unspecified atom stereocenters. The number of allylic oxidation sites excluding steroid dienone is 3. The lowest BCUT2D eigenvalue weighted by Crippen LogP contribution is -2.37. The smallest absolute Gasteiger partial charge is 0.161 e. The van der Waals surface area contributed by atoms with E-state index in [0.717, 1.165) is 24.3 Å². The molecule has 3 heteroatoms. The summed E-state index contributed by atoms with van der Waals surface area (Å²) in [7, 11) is 4.50. The van der Waals surface area contributed by atoms with Crippen LogP contribution in [0.5, 0.6) is 11.5 Å². The van der Waals surface area contributed by atoms with Crippen molar-refractivity contribution in [2.24, 2.45) is 23.7 Å². The summed E-state index contributed by atoms with van der Waals surface area (Å²) in [4.78, 5) is 2.45. The Bertz CT molecular complexity index is 892. The van der Waals surface area contributed by atoms with Crippen molar-refractivity contribution in [3.8, 4) is 11.5 Å². The topological polar surface area (TPSA) is 21.7 Å². The summed E-state index contributed by atoms with van der Waals surface area (Å²) in [6.07, 6.45) is 7.56. The van der Waals surface area contributed by atoms with Crippen molar-refractivity contribution in [3.05, 3.63) is 41.0 Å². The van der Waals surface area contributed by atoms with E-state index in [2.05, 4.69) is 71.0 Å². The monoisotopic (exact) mass is 393 g/mol. The summed E-state index contributed by atoms with van der Waals surface area (Å²) in [6, 6.07) is 5.16. The van der Waals surface area contributed by atoms with E-state index in [1.165, 1.54) is 16.7 Å². The number of hydrogen-bond donors (Lipinski definition) is 0. The standard InChI is InChI=1S/C26H35NO2/c1-7-26(8-2)21-12-17-15(3)16(4)25(27(5)6)20(17)11-18(21)19-13-23-24(14-22(19)26)29-10-9-28-23/h11-17,20,25H,7-10H2,1-6H3. The number of rotatable bonds is 3. The van der Waals surface area contributed by atoms with Gasteiger partial charge in [0.25, 0.3) is 0 Å². The van der Waals surface area contributed by atoms with Crippen molar-refractivity contribution in [1.82, 2.24) is 4.90 Å². The third-order valence-electron chi connectivity index (χ3n) is 8.63. The van der Waals surface area contributed by atoms with Gasteiger partial charge in [0.1, 0.15) is 13.2 Å². The Hall–Kier alpha value is -1.74. The van der Waals surface area contributed by atoms with Crippen LogP contribution < -0.4 is 9.47 Å². The second-order valence-electron chi connectivity index (χ2n) is 9.82. The number of nitrogens with zero attached hydrogens (tertiary/aromatic N) is 1. The van der Waals surface area contributed by atoms with Crippen molar-refractivity contribution < 1.29 is 9.47 Å². The highest BCUT2D eigenvalue weighted by Crippen LogP contribution is 2.61. The predicted molar refractivity (Wildman–Crippen MR) is 119 cm³/mol. The van der Waals surface area contributed by atoms with E-state index in [4.69, 9.17) is 9.47 Å². The normalized spacial score (nSPS) is 33.7. The molecule has 1 aromatic rings. The Morgan fingerprint density at radius 3 is 2.21 bits per heavy atom. The van der Waals surface area contributed by atoms with Gasteiger partial charge in [-0.15, -0.1) is 0 Å². The van der Waals surface area contributed by atoms with E-state index in [-0.39, 0.29) is 5.41 Å². The van der Waals surface area contributed by atoms with E-state index < -0.39 is 0 Å². The van der Waals surface area contributed by atoms with Crippen LogP contribution in [0.1, 0.15) is 51.7 Å². The van der Waals surface area contributed by atoms with Crippen LogP contribution in [0.4, 0.5) is 0 Å². The lowest BCUT2D eigenvalue weighted by Gasteiger charge is -2.35. The van der Waals surface area contributed by atoms with E-state index in [1.807, 2.05) is 0 Å². The molecule has 4 aliphatic rings. The zero-order valence-electron chi connectivity index (χ0n) is 18.8. The summed E-state index contributed by atoms with van der Waals surface area (Å²) >= 11 is 0. The van der Waals surface area contributed by atoms with Gasteiger partial charge in [-0.2, -0.15) is 0 Å². The number of fused-ring (bicyclic) bond motifs is 5. The molecule has 0 spiro atoms. The molecule has 5 atom stereocenters. The Kier molecular flexibility index (Phi) is 4.40. The van der Waals surface area contributed by atoms with Crippen LogP contribution in [-0.4, -0.2) is 38.3 Å². The molecule has 0 aromatic heterocycles. The molecule has 29 heavy (non-hydrogen) atoms. The van der Waals surface area contributed by atoms with E-state index in [1.54, 1.807) is 5.57 Å². The minimum absolute atomic E-state index is 0.0983. The van der Waals surface area contributed by atoms with Crippen molar-refractivity contribution in [2.75, 3.05) is 27.3 Å². The van der Waals surface area contributed by atoms with Gasteiger partial charge < -0.3 is 14.4 Å². The Balaban J connectivity index is 1.72. The maximum Gasteiger partial charge on any atom is 0.161 e. The first-order valence-electron chi connectivity index (χ1n) is 11.5. The predicted octanol–water partition coefficient (Wildman–Crippen LogP) is 5.30. The molecule has 3 nitrogen and oxygen atoms in total. The Labute approximate surface area is 175 Å². The van der Waals surface area contributed by atoms with Crippen molar-refractivity contribution >= 4 is 5.57 Å². The lowest BCUT2D eigenvalue weighted by molar-refractivity contribution is 0.171. The molecular formula is C26H35NO2. The van der Waals surface area contributed by atoms with E-state index >= 15 is 0 Å².